The first kappa shape index (κ1) is 24.7. The highest BCUT2D eigenvalue weighted by Gasteiger charge is 2.44. The number of guanidine groups is 1. The number of nitrogens with two attached hydrogens (primary N) is 1. The largest absolute Gasteiger partial charge is 0.467 e. The van der Waals surface area contributed by atoms with Crippen LogP contribution < -0.4 is 16.5 Å². The Morgan fingerprint density at radius 1 is 1.23 bits per heavy atom. The topological polar surface area (TPSA) is 158 Å². The molecule has 0 aliphatic carbocycles. The van der Waals surface area contributed by atoms with Gasteiger partial charge in [0, 0.05) is 13.0 Å². The minimum atomic E-state index is -1.58. The van der Waals surface area contributed by atoms with E-state index in [-0.39, 0.29) is 31.8 Å². The highest BCUT2D eigenvalue weighted by molar-refractivity contribution is 5.92. The summed E-state index contributed by atoms with van der Waals surface area (Å²) in [7, 11) is 1.17. The van der Waals surface area contributed by atoms with Gasteiger partial charge in [-0.3, -0.25) is 10.3 Å². The van der Waals surface area contributed by atoms with Gasteiger partial charge in [0.1, 0.15) is 5.60 Å². The van der Waals surface area contributed by atoms with E-state index in [4.69, 9.17) is 15.2 Å². The molecule has 0 saturated carbocycles. The Bertz CT molecular complexity index is 762. The lowest BCUT2D eigenvalue weighted by Crippen LogP contribution is -2.56. The van der Waals surface area contributed by atoms with Crippen LogP contribution in [-0.2, 0) is 20.7 Å². The first-order chi connectivity index (χ1) is 14.0. The molecule has 0 spiro atoms. The van der Waals surface area contributed by atoms with Crippen molar-refractivity contribution >= 4 is 18.0 Å². The molecule has 1 aromatic carbocycles. The van der Waals surface area contributed by atoms with Gasteiger partial charge in [-0.1, -0.05) is 30.3 Å². The fraction of sp³-hybridized carbons (Fsp3) is 0.526. The summed E-state index contributed by atoms with van der Waals surface area (Å²) in [6.07, 6.45) is -0.374. The van der Waals surface area contributed by atoms with Crippen molar-refractivity contribution in [3.63, 3.8) is 0 Å². The van der Waals surface area contributed by atoms with Gasteiger partial charge in [0.25, 0.3) is 0 Å². The van der Waals surface area contributed by atoms with E-state index in [1.165, 1.54) is 7.11 Å². The number of rotatable bonds is 9. The van der Waals surface area contributed by atoms with Crippen molar-refractivity contribution in [2.24, 2.45) is 10.7 Å². The maximum Gasteiger partial charge on any atom is 0.414 e. The Morgan fingerprint density at radius 3 is 2.40 bits per heavy atom. The molecule has 0 fully saturated rings. The van der Waals surface area contributed by atoms with Crippen LogP contribution in [0, 0.1) is 10.1 Å². The number of nitrogens with one attached hydrogen (secondary N) is 2. The summed E-state index contributed by atoms with van der Waals surface area (Å²) in [6.45, 7) is 5.25. The van der Waals surface area contributed by atoms with Crippen molar-refractivity contribution in [1.29, 1.82) is 0 Å². The van der Waals surface area contributed by atoms with Crippen LogP contribution in [0.2, 0.25) is 0 Å². The number of hydrogen-bond donors (Lipinski definition) is 3. The standard InChI is InChI=1S/C19H29N5O6/c1-18(2,3)30-17(26)22-16(20)21-12-8-11-19(15(25)29-4,23-24(27)28)13-14-9-6-5-7-10-14/h5-7,9-10,23H,8,11-13H2,1-4H3,(H3,20,21,22,26)/t19-/m1/s1. The van der Waals surface area contributed by atoms with Crippen molar-refractivity contribution in [3.8, 4) is 0 Å². The molecule has 1 aromatic rings. The molecule has 4 N–H and O–H groups in total. The number of carbonyl (C=O) groups is 2. The van der Waals surface area contributed by atoms with Crippen LogP contribution in [0.25, 0.3) is 0 Å². The summed E-state index contributed by atoms with van der Waals surface area (Å²) in [6, 6.07) is 8.88. The Balaban J connectivity index is 2.83. The summed E-state index contributed by atoms with van der Waals surface area (Å²) in [5.74, 6) is -0.912. The van der Waals surface area contributed by atoms with E-state index in [1.807, 2.05) is 0 Å². The molecule has 0 saturated heterocycles. The number of ether oxygens (including phenoxy) is 2. The van der Waals surface area contributed by atoms with Crippen LogP contribution in [0.3, 0.4) is 0 Å². The molecular formula is C19H29N5O6. The van der Waals surface area contributed by atoms with Gasteiger partial charge in [0.2, 0.25) is 0 Å². The zero-order valence-electron chi connectivity index (χ0n) is 17.6. The molecule has 0 aromatic heterocycles. The molecule has 11 heteroatoms. The summed E-state index contributed by atoms with van der Waals surface area (Å²) in [5.41, 5.74) is 6.24. The van der Waals surface area contributed by atoms with Crippen molar-refractivity contribution in [2.45, 2.75) is 51.2 Å². The Hall–Kier alpha value is -3.37. The van der Waals surface area contributed by atoms with Crippen molar-refractivity contribution in [1.82, 2.24) is 10.7 Å². The number of amides is 1. The minimum Gasteiger partial charge on any atom is -0.467 e. The number of alkyl carbamates (subject to hydrolysis) is 1. The lowest BCUT2D eigenvalue weighted by Gasteiger charge is -2.27. The van der Waals surface area contributed by atoms with Gasteiger partial charge in [0.05, 0.1) is 7.11 Å². The molecular weight excluding hydrogens is 394 g/mol. The average Bonchev–Trinajstić information content (AvgIpc) is 2.63. The van der Waals surface area contributed by atoms with E-state index >= 15 is 0 Å². The highest BCUT2D eigenvalue weighted by atomic mass is 16.7. The maximum atomic E-state index is 12.5. The van der Waals surface area contributed by atoms with Gasteiger partial charge in [-0.15, -0.1) is 5.43 Å². The number of esters is 1. The Labute approximate surface area is 175 Å². The fourth-order valence-corrected chi connectivity index (χ4v) is 2.75. The number of nitro groups is 1. The molecule has 1 amide bonds. The van der Waals surface area contributed by atoms with Gasteiger partial charge in [-0.2, -0.15) is 0 Å². The van der Waals surface area contributed by atoms with E-state index in [0.717, 1.165) is 5.56 Å². The molecule has 1 rings (SSSR count). The number of hydrazine groups is 1. The molecule has 1 atom stereocenters. The zero-order valence-corrected chi connectivity index (χ0v) is 17.6. The highest BCUT2D eigenvalue weighted by Crippen LogP contribution is 2.22. The second kappa shape index (κ2) is 11.0. The predicted molar refractivity (Wildman–Crippen MR) is 110 cm³/mol. The lowest BCUT2D eigenvalue weighted by molar-refractivity contribution is -0.557. The summed E-state index contributed by atoms with van der Waals surface area (Å²) < 4.78 is 9.89. The first-order valence-corrected chi connectivity index (χ1v) is 9.32. The first-order valence-electron chi connectivity index (χ1n) is 9.32. The second-order valence-electron chi connectivity index (χ2n) is 7.60. The van der Waals surface area contributed by atoms with Crippen LogP contribution in [-0.4, -0.2) is 47.8 Å². The third kappa shape index (κ3) is 8.76. The van der Waals surface area contributed by atoms with Crippen LogP contribution in [0.5, 0.6) is 0 Å². The van der Waals surface area contributed by atoms with Crippen LogP contribution in [0.4, 0.5) is 4.79 Å². The van der Waals surface area contributed by atoms with E-state index in [0.29, 0.717) is 0 Å². The number of nitrogens with zero attached hydrogens (tertiary/aromatic N) is 2. The molecule has 30 heavy (non-hydrogen) atoms. The van der Waals surface area contributed by atoms with E-state index < -0.39 is 28.2 Å². The minimum absolute atomic E-state index is 0.0524. The fourth-order valence-electron chi connectivity index (χ4n) is 2.75. The molecule has 166 valence electrons. The third-order valence-corrected chi connectivity index (χ3v) is 3.90. The number of benzene rings is 1. The summed E-state index contributed by atoms with van der Waals surface area (Å²) in [4.78, 5) is 39.3. The summed E-state index contributed by atoms with van der Waals surface area (Å²) >= 11 is 0. The Kier molecular flexibility index (Phi) is 9.03. The van der Waals surface area contributed by atoms with Crippen molar-refractivity contribution in [2.75, 3.05) is 13.7 Å². The molecule has 11 nitrogen and oxygen atoms in total. The monoisotopic (exact) mass is 423 g/mol. The van der Waals surface area contributed by atoms with Gasteiger partial charge in [0.15, 0.2) is 16.5 Å². The number of methoxy groups -OCH3 is 1. The smallest absolute Gasteiger partial charge is 0.414 e. The molecule has 0 unspecified atom stereocenters. The average molecular weight is 423 g/mol. The number of carbonyl (C=O) groups excluding carboxylic acids is 2. The number of aliphatic imine (C=N–C) groups is 1. The SMILES string of the molecule is COC(=O)[C@@](CCCN=C(N)NC(=O)OC(C)(C)C)(Cc1ccccc1)N[N+](=O)[O-]. The molecule has 0 aliphatic heterocycles. The lowest BCUT2D eigenvalue weighted by atomic mass is 9.87. The summed E-state index contributed by atoms with van der Waals surface area (Å²) in [5, 5.41) is 12.7. The normalized spacial score (nSPS) is 13.7. The Morgan fingerprint density at radius 2 is 1.87 bits per heavy atom. The predicted octanol–water partition coefficient (Wildman–Crippen LogP) is 1.54. The third-order valence-electron chi connectivity index (χ3n) is 3.90. The molecule has 0 bridgehead atoms. The van der Waals surface area contributed by atoms with Crippen LogP contribution in [0.15, 0.2) is 35.3 Å². The van der Waals surface area contributed by atoms with Gasteiger partial charge >= 0.3 is 12.1 Å². The second-order valence-corrected chi connectivity index (χ2v) is 7.60. The van der Waals surface area contributed by atoms with Gasteiger partial charge < -0.3 is 15.2 Å². The number of hydrogen-bond acceptors (Lipinski definition) is 7. The molecule has 0 radical (unpaired) electrons. The van der Waals surface area contributed by atoms with E-state index in [2.05, 4.69) is 15.7 Å². The maximum absolute atomic E-state index is 12.5. The van der Waals surface area contributed by atoms with E-state index in [1.54, 1.807) is 51.1 Å². The van der Waals surface area contributed by atoms with E-state index in [9.17, 15) is 19.7 Å². The van der Waals surface area contributed by atoms with Crippen LogP contribution in [0.1, 0.15) is 39.2 Å². The van der Waals surface area contributed by atoms with Gasteiger partial charge in [-0.05, 0) is 39.2 Å². The van der Waals surface area contributed by atoms with Crippen molar-refractivity contribution in [3.05, 3.63) is 46.0 Å². The van der Waals surface area contributed by atoms with Crippen molar-refractivity contribution < 1.29 is 24.1 Å². The quantitative estimate of drug-likeness (QED) is 0.135. The van der Waals surface area contributed by atoms with Gasteiger partial charge in [-0.25, -0.2) is 19.7 Å². The molecule has 0 aliphatic rings. The zero-order chi connectivity index (χ0) is 22.8. The molecule has 0 heterocycles. The van der Waals surface area contributed by atoms with Crippen LogP contribution >= 0.6 is 0 Å².